The van der Waals surface area contributed by atoms with Gasteiger partial charge in [0.2, 0.25) is 0 Å². The van der Waals surface area contributed by atoms with Crippen LogP contribution in [0.25, 0.3) is 22.2 Å². The van der Waals surface area contributed by atoms with Crippen molar-refractivity contribution in [1.82, 2.24) is 20.2 Å². The van der Waals surface area contributed by atoms with Crippen LogP contribution in [-0.4, -0.2) is 26.1 Å². The third kappa shape index (κ3) is 2.61. The Balaban J connectivity index is 1.72. The van der Waals surface area contributed by atoms with E-state index in [0.717, 1.165) is 22.2 Å². The lowest BCUT2D eigenvalue weighted by atomic mass is 10.1. The predicted molar refractivity (Wildman–Crippen MR) is 91.5 cm³/mol. The number of rotatable bonds is 3. The topological polar surface area (TPSA) is 83.6 Å². The molecule has 0 aliphatic carbocycles. The zero-order chi connectivity index (χ0) is 16.4. The van der Waals surface area contributed by atoms with Gasteiger partial charge in [-0.25, -0.2) is 4.98 Å². The lowest BCUT2D eigenvalue weighted by Gasteiger charge is -2.03. The smallest absolute Gasteiger partial charge is 0.277 e. The molecule has 2 N–H and O–H groups in total. The molecule has 0 aliphatic rings. The lowest BCUT2D eigenvalue weighted by molar-refractivity contribution is 0.102. The van der Waals surface area contributed by atoms with Crippen LogP contribution in [0.2, 0.25) is 0 Å². The molecule has 0 fully saturated rings. The second-order valence-electron chi connectivity index (χ2n) is 5.22. The number of anilines is 1. The van der Waals surface area contributed by atoms with Crippen LogP contribution in [0, 0.1) is 0 Å². The summed E-state index contributed by atoms with van der Waals surface area (Å²) in [6.45, 7) is 0. The molecule has 0 aliphatic heterocycles. The number of benzene rings is 1. The number of hydrogen-bond donors (Lipinski definition) is 2. The Morgan fingerprint density at radius 2 is 1.79 bits per heavy atom. The van der Waals surface area contributed by atoms with E-state index in [4.69, 9.17) is 0 Å². The van der Waals surface area contributed by atoms with Crippen molar-refractivity contribution in [2.45, 2.75) is 0 Å². The molecule has 4 aromatic rings. The van der Waals surface area contributed by atoms with Gasteiger partial charge in [0.1, 0.15) is 5.82 Å². The molecule has 6 heteroatoms. The molecule has 0 radical (unpaired) electrons. The minimum atomic E-state index is -0.307. The standard InChI is InChI=1S/C18H13N5O/c24-18(21-16-6-2-4-10-20-16)17-13-11-12(7-8-15(13)22-23-17)14-5-1-3-9-19-14/h1-11H,(H,22,23)(H,20,21,24). The van der Waals surface area contributed by atoms with Gasteiger partial charge in [-0.05, 0) is 36.4 Å². The van der Waals surface area contributed by atoms with Gasteiger partial charge in [0.05, 0.1) is 11.2 Å². The van der Waals surface area contributed by atoms with E-state index in [1.54, 1.807) is 24.5 Å². The highest BCUT2D eigenvalue weighted by atomic mass is 16.2. The van der Waals surface area contributed by atoms with Gasteiger partial charge in [0, 0.05) is 23.3 Å². The molecular formula is C18H13N5O. The van der Waals surface area contributed by atoms with E-state index in [2.05, 4.69) is 25.5 Å². The Morgan fingerprint density at radius 3 is 2.54 bits per heavy atom. The highest BCUT2D eigenvalue weighted by Crippen LogP contribution is 2.24. The maximum absolute atomic E-state index is 12.5. The summed E-state index contributed by atoms with van der Waals surface area (Å²) in [7, 11) is 0. The number of carbonyl (C=O) groups excluding carboxylic acids is 1. The van der Waals surface area contributed by atoms with Gasteiger partial charge in [-0.1, -0.05) is 18.2 Å². The Labute approximate surface area is 137 Å². The van der Waals surface area contributed by atoms with Crippen LogP contribution in [0.1, 0.15) is 10.5 Å². The van der Waals surface area contributed by atoms with Crippen molar-refractivity contribution in [1.29, 1.82) is 0 Å². The fourth-order valence-corrected chi connectivity index (χ4v) is 2.49. The van der Waals surface area contributed by atoms with Gasteiger partial charge in [0.15, 0.2) is 5.69 Å². The number of pyridine rings is 2. The first kappa shape index (κ1) is 14.1. The van der Waals surface area contributed by atoms with Gasteiger partial charge in [0.25, 0.3) is 5.91 Å². The molecule has 0 spiro atoms. The quantitative estimate of drug-likeness (QED) is 0.608. The summed E-state index contributed by atoms with van der Waals surface area (Å²) >= 11 is 0. The van der Waals surface area contributed by atoms with Crippen molar-refractivity contribution in [2.75, 3.05) is 5.32 Å². The second-order valence-corrected chi connectivity index (χ2v) is 5.22. The predicted octanol–water partition coefficient (Wildman–Crippen LogP) is 3.27. The number of H-pyrrole nitrogens is 1. The summed E-state index contributed by atoms with van der Waals surface area (Å²) in [5, 5.41) is 10.5. The molecule has 4 rings (SSSR count). The fraction of sp³-hybridized carbons (Fsp3) is 0. The summed E-state index contributed by atoms with van der Waals surface area (Å²) in [5.41, 5.74) is 2.89. The van der Waals surface area contributed by atoms with Crippen LogP contribution >= 0.6 is 0 Å². The van der Waals surface area contributed by atoms with E-state index in [9.17, 15) is 4.79 Å². The number of nitrogens with one attached hydrogen (secondary N) is 2. The molecule has 3 aromatic heterocycles. The Bertz CT molecular complexity index is 996. The fourth-order valence-electron chi connectivity index (χ4n) is 2.49. The largest absolute Gasteiger partial charge is 0.305 e. The molecule has 6 nitrogen and oxygen atoms in total. The first-order chi connectivity index (χ1) is 11.8. The van der Waals surface area contributed by atoms with E-state index in [1.807, 2.05) is 42.5 Å². The summed E-state index contributed by atoms with van der Waals surface area (Å²) in [4.78, 5) is 20.9. The van der Waals surface area contributed by atoms with E-state index in [-0.39, 0.29) is 5.91 Å². The molecule has 1 amide bonds. The average Bonchev–Trinajstić information content (AvgIpc) is 3.06. The molecule has 0 unspecified atom stereocenters. The number of nitrogens with zero attached hydrogens (tertiary/aromatic N) is 3. The molecule has 0 saturated heterocycles. The van der Waals surface area contributed by atoms with Gasteiger partial charge in [-0.2, -0.15) is 5.10 Å². The van der Waals surface area contributed by atoms with Gasteiger partial charge >= 0.3 is 0 Å². The van der Waals surface area contributed by atoms with Crippen molar-refractivity contribution in [3.05, 3.63) is 72.7 Å². The first-order valence-electron chi connectivity index (χ1n) is 7.43. The van der Waals surface area contributed by atoms with Crippen molar-refractivity contribution in [3.8, 4) is 11.3 Å². The monoisotopic (exact) mass is 315 g/mol. The van der Waals surface area contributed by atoms with Gasteiger partial charge in [-0.15, -0.1) is 0 Å². The molecule has 0 saturated carbocycles. The van der Waals surface area contributed by atoms with E-state index in [0.29, 0.717) is 11.5 Å². The average molecular weight is 315 g/mol. The number of aromatic amines is 1. The molecule has 0 bridgehead atoms. The van der Waals surface area contributed by atoms with Crippen molar-refractivity contribution >= 4 is 22.6 Å². The van der Waals surface area contributed by atoms with Crippen LogP contribution in [0.3, 0.4) is 0 Å². The summed E-state index contributed by atoms with van der Waals surface area (Å²) in [5.74, 6) is 0.178. The minimum Gasteiger partial charge on any atom is -0.305 e. The maximum atomic E-state index is 12.5. The van der Waals surface area contributed by atoms with Crippen LogP contribution in [-0.2, 0) is 0 Å². The highest BCUT2D eigenvalue weighted by Gasteiger charge is 2.15. The summed E-state index contributed by atoms with van der Waals surface area (Å²) < 4.78 is 0. The normalized spacial score (nSPS) is 10.7. The number of carbonyl (C=O) groups is 1. The minimum absolute atomic E-state index is 0.307. The third-order valence-corrected chi connectivity index (χ3v) is 3.65. The van der Waals surface area contributed by atoms with Crippen LogP contribution in [0.15, 0.2) is 67.0 Å². The van der Waals surface area contributed by atoms with E-state index < -0.39 is 0 Å². The second kappa shape index (κ2) is 5.92. The SMILES string of the molecule is O=C(Nc1ccccn1)c1n[nH]c2ccc(-c3ccccn3)cc12. The van der Waals surface area contributed by atoms with Crippen molar-refractivity contribution < 1.29 is 4.79 Å². The Morgan fingerprint density at radius 1 is 0.958 bits per heavy atom. The van der Waals surface area contributed by atoms with Crippen LogP contribution in [0.4, 0.5) is 5.82 Å². The number of aromatic nitrogens is 4. The number of hydrogen-bond acceptors (Lipinski definition) is 4. The molecule has 1 aromatic carbocycles. The molecule has 0 atom stereocenters. The Hall–Kier alpha value is -3.54. The van der Waals surface area contributed by atoms with Crippen molar-refractivity contribution in [3.63, 3.8) is 0 Å². The van der Waals surface area contributed by atoms with Gasteiger partial charge in [-0.3, -0.25) is 14.9 Å². The molecule has 116 valence electrons. The third-order valence-electron chi connectivity index (χ3n) is 3.65. The maximum Gasteiger partial charge on any atom is 0.277 e. The lowest BCUT2D eigenvalue weighted by Crippen LogP contribution is -2.13. The van der Waals surface area contributed by atoms with Crippen LogP contribution < -0.4 is 5.32 Å². The van der Waals surface area contributed by atoms with Crippen molar-refractivity contribution in [2.24, 2.45) is 0 Å². The highest BCUT2D eigenvalue weighted by molar-refractivity contribution is 6.11. The van der Waals surface area contributed by atoms with E-state index in [1.165, 1.54) is 0 Å². The zero-order valence-electron chi connectivity index (χ0n) is 12.6. The van der Waals surface area contributed by atoms with E-state index >= 15 is 0 Å². The molecule has 3 heterocycles. The van der Waals surface area contributed by atoms with Gasteiger partial charge < -0.3 is 5.32 Å². The first-order valence-corrected chi connectivity index (χ1v) is 7.43. The summed E-state index contributed by atoms with van der Waals surface area (Å²) in [6.07, 6.45) is 3.36. The number of amides is 1. The molecular weight excluding hydrogens is 302 g/mol. The van der Waals surface area contributed by atoms with Crippen LogP contribution in [0.5, 0.6) is 0 Å². The number of fused-ring (bicyclic) bond motifs is 1. The zero-order valence-corrected chi connectivity index (χ0v) is 12.6. The molecule has 24 heavy (non-hydrogen) atoms. The summed E-state index contributed by atoms with van der Waals surface area (Å²) in [6, 6.07) is 16.8. The Kier molecular flexibility index (Phi) is 3.47.